The first-order valence-corrected chi connectivity index (χ1v) is 15.9. The molecule has 0 aromatic heterocycles. The highest BCUT2D eigenvalue weighted by Crippen LogP contribution is 2.37. The summed E-state index contributed by atoms with van der Waals surface area (Å²) in [7, 11) is -0.202. The normalized spacial score (nSPS) is 11.9. The summed E-state index contributed by atoms with van der Waals surface area (Å²) in [6.45, 7) is 6.86. The van der Waals surface area contributed by atoms with E-state index >= 15 is 0 Å². The van der Waals surface area contributed by atoms with E-state index in [1.807, 2.05) is 45.0 Å². The number of carbonyl (C=O) groups is 2. The third-order valence-electron chi connectivity index (χ3n) is 6.92. The molecule has 0 saturated carbocycles. The number of aryl methyl sites for hydroxylation is 1. The lowest BCUT2D eigenvalue weighted by molar-refractivity contribution is -0.140. The molecule has 0 saturated heterocycles. The number of methoxy groups -OCH3 is 3. The summed E-state index contributed by atoms with van der Waals surface area (Å²) in [5, 5.41) is 3.12. The molecular formula is C32H40ClN3O7S. The largest absolute Gasteiger partial charge is 0.495 e. The third kappa shape index (κ3) is 8.15. The van der Waals surface area contributed by atoms with Gasteiger partial charge >= 0.3 is 0 Å². The van der Waals surface area contributed by atoms with E-state index in [4.69, 9.17) is 25.8 Å². The number of amides is 2. The van der Waals surface area contributed by atoms with Crippen molar-refractivity contribution >= 4 is 39.1 Å². The Bertz CT molecular complexity index is 1560. The smallest absolute Gasteiger partial charge is 0.265 e. The van der Waals surface area contributed by atoms with Gasteiger partial charge in [0.2, 0.25) is 11.8 Å². The molecule has 0 aliphatic carbocycles. The van der Waals surface area contributed by atoms with E-state index in [1.165, 1.54) is 56.6 Å². The van der Waals surface area contributed by atoms with E-state index < -0.39 is 28.5 Å². The second-order valence-corrected chi connectivity index (χ2v) is 12.7. The standard InChI is InChI=1S/C32H40ClN3O7S/c1-8-26(32(38)34-21(2)3)35(19-23-11-9-22(4)10-12-23)31(37)20-36(27-17-24(33)13-15-28(27)41-5)44(39,40)25-14-16-29(42-6)30(18-25)43-7/h9-18,21,26H,8,19-20H2,1-7H3,(H,34,38)/t26-/m1/s1. The molecule has 0 spiro atoms. The van der Waals surface area contributed by atoms with Crippen molar-refractivity contribution in [3.8, 4) is 17.2 Å². The number of carbonyl (C=O) groups excluding carboxylic acids is 2. The second kappa shape index (κ2) is 15.2. The fourth-order valence-corrected chi connectivity index (χ4v) is 6.26. The number of hydrogen-bond acceptors (Lipinski definition) is 7. The summed E-state index contributed by atoms with van der Waals surface area (Å²) in [6, 6.07) is 15.2. The highest BCUT2D eigenvalue weighted by molar-refractivity contribution is 7.92. The van der Waals surface area contributed by atoms with Crippen LogP contribution < -0.4 is 23.8 Å². The molecule has 238 valence electrons. The van der Waals surface area contributed by atoms with Gasteiger partial charge in [-0.3, -0.25) is 13.9 Å². The summed E-state index contributed by atoms with van der Waals surface area (Å²) < 4.78 is 45.7. The molecule has 3 aromatic rings. The molecule has 0 aliphatic rings. The lowest BCUT2D eigenvalue weighted by atomic mass is 10.1. The first kappa shape index (κ1) is 34.5. The minimum atomic E-state index is -4.43. The van der Waals surface area contributed by atoms with E-state index in [-0.39, 0.29) is 45.6 Å². The Morgan fingerprint density at radius 2 is 1.50 bits per heavy atom. The fourth-order valence-electron chi connectivity index (χ4n) is 4.67. The van der Waals surface area contributed by atoms with Crippen LogP contribution in [0.4, 0.5) is 5.69 Å². The first-order chi connectivity index (χ1) is 20.9. The number of benzene rings is 3. The van der Waals surface area contributed by atoms with Crippen LogP contribution in [-0.4, -0.2) is 65.1 Å². The Kier molecular flexibility index (Phi) is 11.9. The molecular weight excluding hydrogens is 606 g/mol. The molecule has 3 rings (SSSR count). The Morgan fingerprint density at radius 1 is 0.886 bits per heavy atom. The van der Waals surface area contributed by atoms with Gasteiger partial charge in [-0.2, -0.15) is 0 Å². The van der Waals surface area contributed by atoms with Crippen molar-refractivity contribution in [3.63, 3.8) is 0 Å². The van der Waals surface area contributed by atoms with Gasteiger partial charge in [0.1, 0.15) is 18.3 Å². The van der Waals surface area contributed by atoms with E-state index in [2.05, 4.69) is 5.32 Å². The Morgan fingerprint density at radius 3 is 2.07 bits per heavy atom. The van der Waals surface area contributed by atoms with Gasteiger partial charge in [-0.25, -0.2) is 8.42 Å². The average Bonchev–Trinajstić information content (AvgIpc) is 2.99. The van der Waals surface area contributed by atoms with Crippen molar-refractivity contribution in [1.29, 1.82) is 0 Å². The molecule has 2 amide bonds. The Labute approximate surface area is 264 Å². The molecule has 10 nitrogen and oxygen atoms in total. The Balaban J connectivity index is 2.17. The molecule has 0 radical (unpaired) electrons. The summed E-state index contributed by atoms with van der Waals surface area (Å²) in [4.78, 5) is 28.9. The van der Waals surface area contributed by atoms with Gasteiger partial charge in [0, 0.05) is 23.7 Å². The maximum absolute atomic E-state index is 14.3. The van der Waals surface area contributed by atoms with Gasteiger partial charge < -0.3 is 24.4 Å². The monoisotopic (exact) mass is 645 g/mol. The predicted molar refractivity (Wildman–Crippen MR) is 171 cm³/mol. The zero-order chi connectivity index (χ0) is 32.6. The topological polar surface area (TPSA) is 114 Å². The average molecular weight is 646 g/mol. The number of nitrogens with zero attached hydrogens (tertiary/aromatic N) is 2. The van der Waals surface area contributed by atoms with Crippen LogP contribution in [-0.2, 0) is 26.2 Å². The molecule has 0 unspecified atom stereocenters. The molecule has 44 heavy (non-hydrogen) atoms. The van der Waals surface area contributed by atoms with Gasteiger partial charge in [-0.1, -0.05) is 48.4 Å². The molecule has 0 heterocycles. The zero-order valence-electron chi connectivity index (χ0n) is 26.1. The summed E-state index contributed by atoms with van der Waals surface area (Å²) >= 11 is 6.32. The maximum Gasteiger partial charge on any atom is 0.265 e. The number of rotatable bonds is 14. The van der Waals surface area contributed by atoms with Crippen LogP contribution in [0.15, 0.2) is 65.6 Å². The predicted octanol–water partition coefficient (Wildman–Crippen LogP) is 5.20. The SMILES string of the molecule is CC[C@H](C(=O)NC(C)C)N(Cc1ccc(C)cc1)C(=O)CN(c1cc(Cl)ccc1OC)S(=O)(=O)c1ccc(OC)c(OC)c1. The number of hydrogen-bond donors (Lipinski definition) is 1. The van der Waals surface area contributed by atoms with Crippen LogP contribution in [0.1, 0.15) is 38.3 Å². The minimum Gasteiger partial charge on any atom is -0.495 e. The number of sulfonamides is 1. The van der Waals surface area contributed by atoms with Crippen molar-refractivity contribution < 1.29 is 32.2 Å². The van der Waals surface area contributed by atoms with E-state index in [1.54, 1.807) is 13.0 Å². The van der Waals surface area contributed by atoms with Crippen LogP contribution in [0.25, 0.3) is 0 Å². The number of anilines is 1. The quantitative estimate of drug-likeness (QED) is 0.256. The van der Waals surface area contributed by atoms with Crippen LogP contribution in [0, 0.1) is 6.92 Å². The molecule has 1 N–H and O–H groups in total. The maximum atomic E-state index is 14.3. The van der Waals surface area contributed by atoms with Gasteiger partial charge in [0.25, 0.3) is 10.0 Å². The van der Waals surface area contributed by atoms with Gasteiger partial charge in [0.05, 0.1) is 31.9 Å². The number of ether oxygens (including phenoxy) is 3. The molecule has 0 bridgehead atoms. The molecule has 1 atom stereocenters. The lowest BCUT2D eigenvalue weighted by Crippen LogP contribution is -2.53. The highest BCUT2D eigenvalue weighted by Gasteiger charge is 2.35. The van der Waals surface area contributed by atoms with Crippen LogP contribution in [0.2, 0.25) is 5.02 Å². The molecule has 12 heteroatoms. The second-order valence-electron chi connectivity index (χ2n) is 10.4. The fraction of sp³-hybridized carbons (Fsp3) is 0.375. The summed E-state index contributed by atoms with van der Waals surface area (Å²) in [6.07, 6.45) is 0.305. The summed E-state index contributed by atoms with van der Waals surface area (Å²) in [5.41, 5.74) is 1.88. The lowest BCUT2D eigenvalue weighted by Gasteiger charge is -2.34. The van der Waals surface area contributed by atoms with Gasteiger partial charge in [0.15, 0.2) is 11.5 Å². The molecule has 0 aliphatic heterocycles. The van der Waals surface area contributed by atoms with Crippen LogP contribution in [0.5, 0.6) is 17.2 Å². The van der Waals surface area contributed by atoms with Crippen molar-refractivity contribution in [2.45, 2.75) is 57.6 Å². The van der Waals surface area contributed by atoms with E-state index in [0.717, 1.165) is 15.4 Å². The van der Waals surface area contributed by atoms with Crippen molar-refractivity contribution in [2.24, 2.45) is 0 Å². The minimum absolute atomic E-state index is 0.0538. The van der Waals surface area contributed by atoms with Crippen molar-refractivity contribution in [3.05, 3.63) is 76.8 Å². The van der Waals surface area contributed by atoms with Crippen LogP contribution in [0.3, 0.4) is 0 Å². The number of halogens is 1. The zero-order valence-corrected chi connectivity index (χ0v) is 27.7. The summed E-state index contributed by atoms with van der Waals surface area (Å²) in [5.74, 6) is -0.225. The van der Waals surface area contributed by atoms with E-state index in [0.29, 0.717) is 12.2 Å². The highest BCUT2D eigenvalue weighted by atomic mass is 35.5. The van der Waals surface area contributed by atoms with Crippen molar-refractivity contribution in [1.82, 2.24) is 10.2 Å². The number of nitrogens with one attached hydrogen (secondary N) is 1. The van der Waals surface area contributed by atoms with E-state index in [9.17, 15) is 18.0 Å². The van der Waals surface area contributed by atoms with Crippen LogP contribution >= 0.6 is 11.6 Å². The molecule has 0 fully saturated rings. The van der Waals surface area contributed by atoms with Gasteiger partial charge in [-0.05, 0) is 63.1 Å². The molecule has 3 aromatic carbocycles. The third-order valence-corrected chi connectivity index (χ3v) is 8.91. The Hall–Kier alpha value is -3.96. The van der Waals surface area contributed by atoms with Crippen molar-refractivity contribution in [2.75, 3.05) is 32.2 Å². The van der Waals surface area contributed by atoms with Gasteiger partial charge in [-0.15, -0.1) is 0 Å². The first-order valence-electron chi connectivity index (χ1n) is 14.1.